The highest BCUT2D eigenvalue weighted by atomic mass is 16.5. The van der Waals surface area contributed by atoms with Crippen LogP contribution in [-0.4, -0.2) is 53.8 Å². The summed E-state index contributed by atoms with van der Waals surface area (Å²) in [4.78, 5) is 34.8. The number of aliphatic imine (C=N–C) groups is 2. The number of nitrogens with zero attached hydrogens (tertiary/aromatic N) is 6. The third-order valence-corrected chi connectivity index (χ3v) is 5.50. The molecule has 2 aromatic heterocycles. The van der Waals surface area contributed by atoms with E-state index in [-0.39, 0.29) is 24.0 Å². The Balaban J connectivity index is 1.67. The van der Waals surface area contributed by atoms with Crippen molar-refractivity contribution >= 4 is 30.2 Å². The van der Waals surface area contributed by atoms with Crippen LogP contribution < -0.4 is 15.1 Å². The predicted octanol–water partition coefficient (Wildman–Crippen LogP) is 3.90. The van der Waals surface area contributed by atoms with Crippen LogP contribution in [0.25, 0.3) is 11.3 Å². The normalized spacial score (nSPS) is 17.8. The molecule has 2 aliphatic heterocycles. The van der Waals surface area contributed by atoms with Gasteiger partial charge in [-0.25, -0.2) is 9.78 Å². The van der Waals surface area contributed by atoms with Gasteiger partial charge in [0.2, 0.25) is 0 Å². The highest BCUT2D eigenvalue weighted by Gasteiger charge is 2.40. The summed E-state index contributed by atoms with van der Waals surface area (Å²) < 4.78 is 5.59. The molecular weight excluding hydrogens is 418 g/mol. The molecule has 2 amide bonds. The van der Waals surface area contributed by atoms with Crippen molar-refractivity contribution in [2.45, 2.75) is 46.3 Å². The van der Waals surface area contributed by atoms with Gasteiger partial charge < -0.3 is 9.64 Å². The highest BCUT2D eigenvalue weighted by molar-refractivity contribution is 5.98. The number of pyridine rings is 2. The zero-order valence-corrected chi connectivity index (χ0v) is 19.4. The number of urea groups is 1. The van der Waals surface area contributed by atoms with Crippen molar-refractivity contribution < 1.29 is 9.53 Å². The number of fused-ring (bicyclic) bond motifs is 4. The van der Waals surface area contributed by atoms with E-state index in [0.717, 1.165) is 42.1 Å². The maximum Gasteiger partial charge on any atom is 0.329 e. The minimum atomic E-state index is -0.311. The van der Waals surface area contributed by atoms with Gasteiger partial charge in [0.05, 0.1) is 29.7 Å². The smallest absolute Gasteiger partial charge is 0.329 e. The number of hydrogen-bond acceptors (Lipinski definition) is 7. The summed E-state index contributed by atoms with van der Waals surface area (Å²) in [6.45, 7) is 12.6. The number of aryl methyl sites for hydroxylation is 1. The largest absolute Gasteiger partial charge is 0.478 e. The lowest BCUT2D eigenvalue weighted by Gasteiger charge is -2.35. The van der Waals surface area contributed by atoms with Gasteiger partial charge in [-0.3, -0.25) is 20.2 Å². The Bertz CT molecular complexity index is 1130. The summed E-state index contributed by atoms with van der Waals surface area (Å²) in [5, 5.41) is 2.86. The minimum absolute atomic E-state index is 0.0226. The molecule has 0 spiro atoms. The van der Waals surface area contributed by atoms with Crippen LogP contribution in [0.1, 0.15) is 32.9 Å². The van der Waals surface area contributed by atoms with Crippen LogP contribution in [0, 0.1) is 6.92 Å². The lowest BCUT2D eigenvalue weighted by atomic mass is 10.1. The van der Waals surface area contributed by atoms with E-state index in [4.69, 9.17) is 9.72 Å². The van der Waals surface area contributed by atoms with Crippen molar-refractivity contribution in [2.75, 3.05) is 22.9 Å². The molecule has 1 fully saturated rings. The molecule has 1 N–H and O–H groups in total. The van der Waals surface area contributed by atoms with Crippen LogP contribution in [0.4, 0.5) is 16.3 Å². The Morgan fingerprint density at radius 3 is 2.91 bits per heavy atom. The Hall–Kier alpha value is -3.75. The first-order chi connectivity index (χ1) is 15.9. The Labute approximate surface area is 193 Å². The molecule has 0 saturated carbocycles. The van der Waals surface area contributed by atoms with E-state index in [9.17, 15) is 4.79 Å². The quantitative estimate of drug-likeness (QED) is 0.554. The molecule has 1 saturated heterocycles. The first kappa shape index (κ1) is 22.4. The number of nitrogens with one attached hydrogen (secondary N) is 1. The minimum Gasteiger partial charge on any atom is -0.478 e. The molecule has 9 nitrogen and oxygen atoms in total. The number of amides is 2. The first-order valence-electron chi connectivity index (χ1n) is 11.0. The second-order valence-corrected chi connectivity index (χ2v) is 8.41. The monoisotopic (exact) mass is 447 g/mol. The van der Waals surface area contributed by atoms with Crippen LogP contribution in [0.3, 0.4) is 0 Å². The van der Waals surface area contributed by atoms with Gasteiger partial charge >= 0.3 is 6.03 Å². The zero-order valence-electron chi connectivity index (χ0n) is 19.4. The molecule has 1 atom stereocenters. The Morgan fingerprint density at radius 1 is 1.36 bits per heavy atom. The van der Waals surface area contributed by atoms with Crippen LogP contribution >= 0.6 is 0 Å². The topological polar surface area (TPSA) is 95.3 Å². The molecule has 0 radical (unpaired) electrons. The van der Waals surface area contributed by atoms with Gasteiger partial charge in [-0.05, 0) is 58.2 Å². The van der Waals surface area contributed by atoms with Gasteiger partial charge in [0.1, 0.15) is 0 Å². The lowest BCUT2D eigenvalue weighted by Crippen LogP contribution is -2.50. The van der Waals surface area contributed by atoms with E-state index < -0.39 is 0 Å². The molecule has 9 heteroatoms. The highest BCUT2D eigenvalue weighted by Crippen LogP contribution is 2.40. The number of ether oxygens (including phenoxy) is 1. The third-order valence-electron chi connectivity index (χ3n) is 5.50. The van der Waals surface area contributed by atoms with Crippen molar-refractivity contribution in [3.8, 4) is 11.3 Å². The number of anilines is 2. The second-order valence-electron chi connectivity index (χ2n) is 8.41. The summed E-state index contributed by atoms with van der Waals surface area (Å²) in [6.07, 6.45) is 4.01. The van der Waals surface area contributed by atoms with Crippen LogP contribution in [0.2, 0.25) is 0 Å². The van der Waals surface area contributed by atoms with Crippen molar-refractivity contribution in [3.05, 3.63) is 48.2 Å². The fourth-order valence-electron chi connectivity index (χ4n) is 4.22. The van der Waals surface area contributed by atoms with Crippen molar-refractivity contribution in [3.63, 3.8) is 0 Å². The van der Waals surface area contributed by atoms with E-state index in [1.807, 2.05) is 45.0 Å². The zero-order chi connectivity index (χ0) is 23.5. The summed E-state index contributed by atoms with van der Waals surface area (Å²) in [7, 11) is 0. The Morgan fingerprint density at radius 2 is 2.18 bits per heavy atom. The summed E-state index contributed by atoms with van der Waals surface area (Å²) in [6, 6.07) is 7.65. The van der Waals surface area contributed by atoms with Crippen molar-refractivity contribution in [1.82, 2.24) is 15.3 Å². The van der Waals surface area contributed by atoms with Crippen molar-refractivity contribution in [2.24, 2.45) is 9.98 Å². The van der Waals surface area contributed by atoms with Gasteiger partial charge in [-0.1, -0.05) is 0 Å². The lowest BCUT2D eigenvalue weighted by molar-refractivity contribution is 0.226. The summed E-state index contributed by atoms with van der Waals surface area (Å²) >= 11 is 0. The van der Waals surface area contributed by atoms with E-state index in [2.05, 4.69) is 31.9 Å². The fourth-order valence-corrected chi connectivity index (χ4v) is 4.22. The second kappa shape index (κ2) is 9.40. The molecule has 33 heavy (non-hydrogen) atoms. The van der Waals surface area contributed by atoms with Crippen LogP contribution in [0.5, 0.6) is 0 Å². The SMILES string of the molecule is C=N/C=C(\N=C(C)OC(C)C)NC(=O)N1c2nc(-c3ccnc(C)c3)ccc2N2CC[C@H]1C2. The summed E-state index contributed by atoms with van der Waals surface area (Å²) in [5.74, 6) is 1.33. The molecule has 172 valence electrons. The van der Waals surface area contributed by atoms with Crippen LogP contribution in [0.15, 0.2) is 52.5 Å². The van der Waals surface area contributed by atoms with Crippen LogP contribution in [-0.2, 0) is 4.74 Å². The standard InChI is InChI=1S/C24H29N7O2/c1-15(2)33-17(4)27-22(13-25-5)29-24(32)31-19-9-11-30(14-19)21-7-6-20(28-23(21)31)18-8-10-26-16(3)12-18/h6-8,10,12-13,15,19H,5,9,11,14H2,1-4H3,(H,29,32)/b22-13+,27-17?/t19-/m0/s1. The van der Waals surface area contributed by atoms with Gasteiger partial charge in [0.15, 0.2) is 17.5 Å². The molecule has 4 rings (SSSR count). The maximum absolute atomic E-state index is 13.5. The number of hydrogen-bond donors (Lipinski definition) is 1. The third kappa shape index (κ3) is 4.87. The molecule has 4 heterocycles. The van der Waals surface area contributed by atoms with Gasteiger partial charge in [-0.2, -0.15) is 4.99 Å². The van der Waals surface area contributed by atoms with Gasteiger partial charge in [-0.15, -0.1) is 0 Å². The average molecular weight is 448 g/mol. The maximum atomic E-state index is 13.5. The number of carbonyl (C=O) groups excluding carboxylic acids is 1. The summed E-state index contributed by atoms with van der Waals surface area (Å²) in [5.41, 5.74) is 3.61. The molecular formula is C24H29N7O2. The van der Waals surface area contributed by atoms with E-state index in [0.29, 0.717) is 11.7 Å². The van der Waals surface area contributed by atoms with E-state index in [1.165, 1.54) is 6.20 Å². The number of aromatic nitrogens is 2. The fraction of sp³-hybridized carbons (Fsp3) is 0.375. The van der Waals surface area contributed by atoms with E-state index in [1.54, 1.807) is 18.0 Å². The molecule has 0 aromatic carbocycles. The average Bonchev–Trinajstić information content (AvgIpc) is 3.17. The number of rotatable bonds is 5. The molecule has 0 unspecified atom stereocenters. The molecule has 2 aromatic rings. The Kier molecular flexibility index (Phi) is 6.39. The molecule has 0 aliphatic carbocycles. The van der Waals surface area contributed by atoms with Gasteiger partial charge in [0.25, 0.3) is 0 Å². The van der Waals surface area contributed by atoms with Crippen molar-refractivity contribution in [1.29, 1.82) is 0 Å². The predicted molar refractivity (Wildman–Crippen MR) is 131 cm³/mol. The number of carbonyl (C=O) groups is 1. The molecule has 2 aliphatic rings. The van der Waals surface area contributed by atoms with Gasteiger partial charge in [0, 0.05) is 37.5 Å². The van der Waals surface area contributed by atoms with E-state index >= 15 is 0 Å². The molecule has 2 bridgehead atoms. The first-order valence-corrected chi connectivity index (χ1v) is 11.0.